The predicted octanol–water partition coefficient (Wildman–Crippen LogP) is 3.09. The molecule has 0 amide bonds. The van der Waals surface area contributed by atoms with Gasteiger partial charge in [0.2, 0.25) is 0 Å². The van der Waals surface area contributed by atoms with Crippen LogP contribution >= 0.6 is 0 Å². The molecule has 0 aromatic carbocycles. The lowest BCUT2D eigenvalue weighted by Gasteiger charge is -2.17. The molecule has 0 saturated heterocycles. The second kappa shape index (κ2) is 4.94. The second-order valence-electron chi connectivity index (χ2n) is 3.88. The van der Waals surface area contributed by atoms with Crippen LogP contribution in [0.2, 0.25) is 0 Å². The fourth-order valence-corrected chi connectivity index (χ4v) is 1.71. The van der Waals surface area contributed by atoms with Crippen LogP contribution in [0.1, 0.15) is 37.4 Å². The van der Waals surface area contributed by atoms with Gasteiger partial charge in [-0.3, -0.25) is 10.3 Å². The van der Waals surface area contributed by atoms with Crippen molar-refractivity contribution < 1.29 is 4.42 Å². The lowest BCUT2D eigenvalue weighted by atomic mass is 10.1. The van der Waals surface area contributed by atoms with E-state index >= 15 is 0 Å². The highest BCUT2D eigenvalue weighted by molar-refractivity contribution is 5.10. The molecule has 1 unspecified atom stereocenters. The van der Waals surface area contributed by atoms with Gasteiger partial charge in [-0.15, -0.1) is 0 Å². The van der Waals surface area contributed by atoms with Gasteiger partial charge in [0.15, 0.2) is 0 Å². The van der Waals surface area contributed by atoms with Crippen molar-refractivity contribution >= 4 is 0 Å². The number of hydrogen-bond acceptors (Lipinski definition) is 3. The van der Waals surface area contributed by atoms with Crippen LogP contribution in [-0.2, 0) is 0 Å². The zero-order chi connectivity index (χ0) is 11.4. The summed E-state index contributed by atoms with van der Waals surface area (Å²) in [5.41, 5.74) is 1.04. The van der Waals surface area contributed by atoms with Crippen LogP contribution in [0.5, 0.6) is 0 Å². The zero-order valence-electron chi connectivity index (χ0n) is 9.55. The van der Waals surface area contributed by atoms with Crippen molar-refractivity contribution in [2.45, 2.75) is 25.9 Å². The zero-order valence-corrected chi connectivity index (χ0v) is 9.55. The Labute approximate surface area is 95.5 Å². The van der Waals surface area contributed by atoms with Gasteiger partial charge in [-0.25, -0.2) is 0 Å². The average molecular weight is 216 g/mol. The van der Waals surface area contributed by atoms with E-state index in [1.54, 1.807) is 6.26 Å². The van der Waals surface area contributed by atoms with Gasteiger partial charge in [0.25, 0.3) is 0 Å². The first kappa shape index (κ1) is 10.9. The minimum atomic E-state index is 0.187. The van der Waals surface area contributed by atoms with Gasteiger partial charge in [-0.05, 0) is 38.1 Å². The molecule has 3 heteroatoms. The Balaban J connectivity index is 2.00. The molecule has 3 nitrogen and oxygen atoms in total. The molecule has 16 heavy (non-hydrogen) atoms. The summed E-state index contributed by atoms with van der Waals surface area (Å²) in [6.07, 6.45) is 3.50. The number of hydrogen-bond donors (Lipinski definition) is 1. The molecule has 84 valence electrons. The molecule has 0 aliphatic heterocycles. The second-order valence-corrected chi connectivity index (χ2v) is 3.88. The van der Waals surface area contributed by atoms with Crippen molar-refractivity contribution in [3.05, 3.63) is 54.2 Å². The van der Waals surface area contributed by atoms with Gasteiger partial charge in [0, 0.05) is 12.2 Å². The van der Waals surface area contributed by atoms with E-state index in [1.807, 2.05) is 36.5 Å². The van der Waals surface area contributed by atoms with Gasteiger partial charge in [0.1, 0.15) is 5.76 Å². The van der Waals surface area contributed by atoms with Gasteiger partial charge in [0.05, 0.1) is 18.0 Å². The number of rotatable bonds is 4. The number of furan rings is 1. The van der Waals surface area contributed by atoms with Crippen molar-refractivity contribution in [3.8, 4) is 0 Å². The van der Waals surface area contributed by atoms with Crippen LogP contribution < -0.4 is 5.32 Å². The summed E-state index contributed by atoms with van der Waals surface area (Å²) < 4.78 is 5.35. The highest BCUT2D eigenvalue weighted by Gasteiger charge is 2.13. The molecule has 0 aliphatic carbocycles. The molecule has 0 bridgehead atoms. The number of pyridine rings is 1. The fraction of sp³-hybridized carbons (Fsp3) is 0.308. The topological polar surface area (TPSA) is 38.1 Å². The minimum absolute atomic E-state index is 0.187. The maximum atomic E-state index is 5.35. The summed E-state index contributed by atoms with van der Waals surface area (Å²) in [4.78, 5) is 4.32. The average Bonchev–Trinajstić information content (AvgIpc) is 2.83. The van der Waals surface area contributed by atoms with Gasteiger partial charge < -0.3 is 4.42 Å². The van der Waals surface area contributed by atoms with Gasteiger partial charge in [-0.2, -0.15) is 0 Å². The first-order valence-electron chi connectivity index (χ1n) is 5.48. The van der Waals surface area contributed by atoms with Crippen molar-refractivity contribution in [3.63, 3.8) is 0 Å². The molecule has 0 spiro atoms. The maximum Gasteiger partial charge on any atom is 0.120 e. The number of nitrogens with zero attached hydrogens (tertiary/aromatic N) is 1. The highest BCUT2D eigenvalue weighted by Crippen LogP contribution is 2.17. The van der Waals surface area contributed by atoms with Crippen molar-refractivity contribution in [2.24, 2.45) is 0 Å². The third-order valence-corrected chi connectivity index (χ3v) is 2.60. The lowest BCUT2D eigenvalue weighted by molar-refractivity contribution is 0.400. The molecule has 2 atom stereocenters. The third kappa shape index (κ3) is 2.49. The summed E-state index contributed by atoms with van der Waals surface area (Å²) in [6, 6.07) is 10.2. The molecule has 0 fully saturated rings. The lowest BCUT2D eigenvalue weighted by Crippen LogP contribution is -2.22. The minimum Gasteiger partial charge on any atom is -0.468 e. The summed E-state index contributed by atoms with van der Waals surface area (Å²) in [5, 5.41) is 3.44. The van der Waals surface area contributed by atoms with E-state index in [2.05, 4.69) is 24.1 Å². The molecule has 2 heterocycles. The predicted molar refractivity (Wildman–Crippen MR) is 62.9 cm³/mol. The molecule has 2 rings (SSSR count). The Morgan fingerprint density at radius 3 is 2.62 bits per heavy atom. The Bertz CT molecular complexity index is 411. The standard InChI is InChI=1S/C13H16N2O/c1-10(12-6-3-4-8-14-12)15-11(2)13-7-5-9-16-13/h3-11,15H,1-2H3/t10-,11?/m1/s1. The van der Waals surface area contributed by atoms with E-state index in [-0.39, 0.29) is 12.1 Å². The monoisotopic (exact) mass is 216 g/mol. The van der Waals surface area contributed by atoms with E-state index in [4.69, 9.17) is 4.42 Å². The largest absolute Gasteiger partial charge is 0.468 e. The smallest absolute Gasteiger partial charge is 0.120 e. The normalized spacial score (nSPS) is 14.6. The number of aromatic nitrogens is 1. The van der Waals surface area contributed by atoms with Crippen molar-refractivity contribution in [2.75, 3.05) is 0 Å². The maximum absolute atomic E-state index is 5.35. The molecule has 0 saturated carbocycles. The third-order valence-electron chi connectivity index (χ3n) is 2.60. The number of nitrogens with one attached hydrogen (secondary N) is 1. The van der Waals surface area contributed by atoms with Crippen molar-refractivity contribution in [1.82, 2.24) is 10.3 Å². The van der Waals surface area contributed by atoms with Crippen LogP contribution in [0.15, 0.2) is 47.2 Å². The summed E-state index contributed by atoms with van der Waals surface area (Å²) >= 11 is 0. The molecule has 1 N–H and O–H groups in total. The highest BCUT2D eigenvalue weighted by atomic mass is 16.3. The molecule has 0 radical (unpaired) electrons. The van der Waals surface area contributed by atoms with E-state index < -0.39 is 0 Å². The Kier molecular flexibility index (Phi) is 3.37. The van der Waals surface area contributed by atoms with Crippen LogP contribution in [0.3, 0.4) is 0 Å². The van der Waals surface area contributed by atoms with Crippen LogP contribution in [0.4, 0.5) is 0 Å². The van der Waals surface area contributed by atoms with Gasteiger partial charge >= 0.3 is 0 Å². The van der Waals surface area contributed by atoms with E-state index in [1.165, 1.54) is 0 Å². The van der Waals surface area contributed by atoms with Crippen molar-refractivity contribution in [1.29, 1.82) is 0 Å². The SMILES string of the molecule is CC(N[C@H](C)c1ccccn1)c1ccco1. The molecular formula is C13H16N2O. The molecule has 2 aromatic rings. The van der Waals surface area contributed by atoms with E-state index in [0.717, 1.165) is 11.5 Å². The Morgan fingerprint density at radius 2 is 2.00 bits per heavy atom. The fourth-order valence-electron chi connectivity index (χ4n) is 1.71. The van der Waals surface area contributed by atoms with Crippen LogP contribution in [-0.4, -0.2) is 4.98 Å². The summed E-state index contributed by atoms with van der Waals surface area (Å²) in [5.74, 6) is 0.947. The molecule has 0 aliphatic rings. The quantitative estimate of drug-likeness (QED) is 0.853. The molecule has 2 aromatic heterocycles. The van der Waals surface area contributed by atoms with E-state index in [0.29, 0.717) is 0 Å². The first-order valence-corrected chi connectivity index (χ1v) is 5.48. The first-order chi connectivity index (χ1) is 7.77. The molecular weight excluding hydrogens is 200 g/mol. The van der Waals surface area contributed by atoms with E-state index in [9.17, 15) is 0 Å². The summed E-state index contributed by atoms with van der Waals surface area (Å²) in [7, 11) is 0. The van der Waals surface area contributed by atoms with Gasteiger partial charge in [-0.1, -0.05) is 6.07 Å². The van der Waals surface area contributed by atoms with Crippen LogP contribution in [0, 0.1) is 0 Å². The Morgan fingerprint density at radius 1 is 1.12 bits per heavy atom. The summed E-state index contributed by atoms with van der Waals surface area (Å²) in [6.45, 7) is 4.18. The van der Waals surface area contributed by atoms with Crippen LogP contribution in [0.25, 0.3) is 0 Å². The Hall–Kier alpha value is -1.61.